The molecule has 112 valence electrons. The third-order valence-electron chi connectivity index (χ3n) is 2.96. The van der Waals surface area contributed by atoms with Crippen LogP contribution in [0.5, 0.6) is 0 Å². The van der Waals surface area contributed by atoms with Gasteiger partial charge in [0.15, 0.2) is 5.03 Å². The number of pyridine rings is 1. The molecule has 1 unspecified atom stereocenters. The smallest absolute Gasteiger partial charge is 0.258 e. The fourth-order valence-corrected chi connectivity index (χ4v) is 3.20. The van der Waals surface area contributed by atoms with Gasteiger partial charge in [-0.25, -0.2) is 18.1 Å². The Morgan fingerprint density at radius 3 is 2.43 bits per heavy atom. The first-order valence-corrected chi connectivity index (χ1v) is 8.53. The number of rotatable bonds is 5. The Bertz CT molecular complexity index is 700. The second kappa shape index (κ2) is 6.65. The normalized spacial score (nSPS) is 13.1. The summed E-state index contributed by atoms with van der Waals surface area (Å²) in [7, 11) is -3.70. The van der Waals surface area contributed by atoms with Crippen LogP contribution in [0.25, 0.3) is 0 Å². The van der Waals surface area contributed by atoms with Gasteiger partial charge in [-0.2, -0.15) is 0 Å². The number of aliphatic hydroxyl groups excluding tert-OH is 1. The number of nitrogens with one attached hydrogen (secondary N) is 1. The topological polar surface area (TPSA) is 79.3 Å². The molecular weight excluding hydrogens is 356 g/mol. The van der Waals surface area contributed by atoms with Gasteiger partial charge in [-0.15, -0.1) is 0 Å². The number of aromatic nitrogens is 1. The molecule has 0 saturated heterocycles. The van der Waals surface area contributed by atoms with Crippen LogP contribution in [0.15, 0.2) is 52.1 Å². The van der Waals surface area contributed by atoms with Crippen molar-refractivity contribution in [3.05, 3.63) is 58.2 Å². The van der Waals surface area contributed by atoms with Gasteiger partial charge in [0.25, 0.3) is 10.0 Å². The summed E-state index contributed by atoms with van der Waals surface area (Å²) in [5.74, 6) is 0. The van der Waals surface area contributed by atoms with Gasteiger partial charge in [-0.3, -0.25) is 0 Å². The van der Waals surface area contributed by atoms with Crippen LogP contribution in [0.4, 0.5) is 0 Å². The maximum Gasteiger partial charge on any atom is 0.258 e. The van der Waals surface area contributed by atoms with Crippen LogP contribution < -0.4 is 4.72 Å². The molecule has 0 saturated carbocycles. The Balaban J connectivity index is 2.17. The Hall–Kier alpha value is -1.28. The SMILES string of the molecule is CC(NS(=O)(=O)c1ccc(CO)cn1)c1ccc(Br)cc1. The summed E-state index contributed by atoms with van der Waals surface area (Å²) in [4.78, 5) is 3.86. The van der Waals surface area contributed by atoms with Crippen molar-refractivity contribution in [3.63, 3.8) is 0 Å². The monoisotopic (exact) mass is 370 g/mol. The van der Waals surface area contributed by atoms with Gasteiger partial charge in [-0.1, -0.05) is 34.1 Å². The second-order valence-corrected chi connectivity index (χ2v) is 7.13. The summed E-state index contributed by atoms with van der Waals surface area (Å²) in [6.45, 7) is 1.60. The molecule has 0 aliphatic carbocycles. The van der Waals surface area contributed by atoms with Crippen molar-refractivity contribution in [3.8, 4) is 0 Å². The molecule has 0 fully saturated rings. The van der Waals surface area contributed by atoms with Gasteiger partial charge in [0.2, 0.25) is 0 Å². The van der Waals surface area contributed by atoms with E-state index in [-0.39, 0.29) is 17.7 Å². The van der Waals surface area contributed by atoms with E-state index in [4.69, 9.17) is 5.11 Å². The molecule has 0 spiro atoms. The van der Waals surface area contributed by atoms with Crippen LogP contribution in [0, 0.1) is 0 Å². The van der Waals surface area contributed by atoms with E-state index in [2.05, 4.69) is 25.6 Å². The average molecular weight is 371 g/mol. The zero-order chi connectivity index (χ0) is 15.5. The van der Waals surface area contributed by atoms with Crippen LogP contribution in [-0.4, -0.2) is 18.5 Å². The van der Waals surface area contributed by atoms with Crippen LogP contribution in [0.2, 0.25) is 0 Å². The van der Waals surface area contributed by atoms with E-state index in [0.29, 0.717) is 5.56 Å². The van der Waals surface area contributed by atoms with E-state index in [1.54, 1.807) is 6.92 Å². The predicted molar refractivity (Wildman–Crippen MR) is 83.0 cm³/mol. The molecular formula is C14H15BrN2O3S. The summed E-state index contributed by atoms with van der Waals surface area (Å²) < 4.78 is 28.0. The first kappa shape index (κ1) is 16.1. The highest BCUT2D eigenvalue weighted by molar-refractivity contribution is 9.10. The van der Waals surface area contributed by atoms with Crippen LogP contribution in [0.1, 0.15) is 24.1 Å². The van der Waals surface area contributed by atoms with E-state index in [1.807, 2.05) is 24.3 Å². The fourth-order valence-electron chi connectivity index (χ4n) is 1.78. The van der Waals surface area contributed by atoms with E-state index >= 15 is 0 Å². The summed E-state index contributed by atoms with van der Waals surface area (Å²) in [5, 5.41) is 8.87. The standard InChI is InChI=1S/C14H15BrN2O3S/c1-10(12-3-5-13(15)6-4-12)17-21(19,20)14-7-2-11(9-18)8-16-14/h2-8,10,17-18H,9H2,1H3. The maximum atomic E-state index is 12.2. The Labute approximate surface area is 132 Å². The number of nitrogens with zero attached hydrogens (tertiary/aromatic N) is 1. The molecule has 0 aliphatic heterocycles. The highest BCUT2D eigenvalue weighted by Crippen LogP contribution is 2.18. The van der Waals surface area contributed by atoms with Gasteiger partial charge in [-0.05, 0) is 36.2 Å². The zero-order valence-corrected chi connectivity index (χ0v) is 13.7. The maximum absolute atomic E-state index is 12.2. The van der Waals surface area contributed by atoms with Crippen molar-refractivity contribution in [2.24, 2.45) is 0 Å². The van der Waals surface area contributed by atoms with Crippen LogP contribution in [0.3, 0.4) is 0 Å². The van der Waals surface area contributed by atoms with Gasteiger partial charge in [0, 0.05) is 16.7 Å². The molecule has 0 bridgehead atoms. The molecule has 2 N–H and O–H groups in total. The number of aliphatic hydroxyl groups is 1. The predicted octanol–water partition coefficient (Wildman–Crippen LogP) is 2.38. The van der Waals surface area contributed by atoms with Gasteiger partial charge in [0.05, 0.1) is 6.61 Å². The molecule has 0 aliphatic rings. The van der Waals surface area contributed by atoms with Crippen molar-refractivity contribution in [1.29, 1.82) is 0 Å². The largest absolute Gasteiger partial charge is 0.392 e. The highest BCUT2D eigenvalue weighted by Gasteiger charge is 2.19. The molecule has 2 rings (SSSR count). The first-order chi connectivity index (χ1) is 9.92. The van der Waals surface area contributed by atoms with Crippen molar-refractivity contribution in [1.82, 2.24) is 9.71 Å². The Morgan fingerprint density at radius 1 is 1.24 bits per heavy atom. The minimum absolute atomic E-state index is 0.0661. The molecule has 5 nitrogen and oxygen atoms in total. The van der Waals surface area contributed by atoms with E-state index < -0.39 is 10.0 Å². The van der Waals surface area contributed by atoms with Gasteiger partial charge < -0.3 is 5.11 Å². The number of benzene rings is 1. The van der Waals surface area contributed by atoms with Crippen molar-refractivity contribution >= 4 is 26.0 Å². The average Bonchev–Trinajstić information content (AvgIpc) is 2.47. The molecule has 0 radical (unpaired) electrons. The van der Waals surface area contributed by atoms with Gasteiger partial charge >= 0.3 is 0 Å². The second-order valence-electron chi connectivity index (χ2n) is 4.56. The summed E-state index contributed by atoms with van der Waals surface area (Å²) in [6, 6.07) is 9.94. The highest BCUT2D eigenvalue weighted by atomic mass is 79.9. The molecule has 1 heterocycles. The third kappa shape index (κ3) is 4.10. The van der Waals surface area contributed by atoms with Gasteiger partial charge in [0.1, 0.15) is 0 Å². The third-order valence-corrected chi connectivity index (χ3v) is 4.94. The molecule has 1 aromatic heterocycles. The summed E-state index contributed by atoms with van der Waals surface area (Å²) in [5.41, 5.74) is 1.42. The molecule has 1 atom stereocenters. The lowest BCUT2D eigenvalue weighted by molar-refractivity contribution is 0.281. The fraction of sp³-hybridized carbons (Fsp3) is 0.214. The van der Waals surface area contributed by atoms with E-state index in [9.17, 15) is 8.42 Å². The molecule has 21 heavy (non-hydrogen) atoms. The number of sulfonamides is 1. The van der Waals surface area contributed by atoms with Crippen LogP contribution in [-0.2, 0) is 16.6 Å². The molecule has 2 aromatic rings. The molecule has 7 heteroatoms. The summed E-state index contributed by atoms with van der Waals surface area (Å²) in [6.07, 6.45) is 1.35. The lowest BCUT2D eigenvalue weighted by atomic mass is 10.1. The molecule has 1 aromatic carbocycles. The number of hydrogen-bond acceptors (Lipinski definition) is 4. The zero-order valence-electron chi connectivity index (χ0n) is 11.3. The van der Waals surface area contributed by atoms with E-state index in [0.717, 1.165) is 10.0 Å². The lowest BCUT2D eigenvalue weighted by Gasteiger charge is -2.14. The van der Waals surface area contributed by atoms with E-state index in [1.165, 1.54) is 18.3 Å². The molecule has 0 amide bonds. The van der Waals surface area contributed by atoms with Crippen molar-refractivity contribution < 1.29 is 13.5 Å². The quantitative estimate of drug-likeness (QED) is 0.846. The van der Waals surface area contributed by atoms with Crippen molar-refractivity contribution in [2.45, 2.75) is 24.6 Å². The summed E-state index contributed by atoms with van der Waals surface area (Å²) >= 11 is 3.34. The van der Waals surface area contributed by atoms with Crippen molar-refractivity contribution in [2.75, 3.05) is 0 Å². The Morgan fingerprint density at radius 2 is 1.90 bits per heavy atom. The minimum atomic E-state index is -3.70. The number of halogens is 1. The van der Waals surface area contributed by atoms with Crippen LogP contribution >= 0.6 is 15.9 Å². The Kier molecular flexibility index (Phi) is 5.10. The first-order valence-electron chi connectivity index (χ1n) is 6.26. The minimum Gasteiger partial charge on any atom is -0.392 e. The number of hydrogen-bond donors (Lipinski definition) is 2. The lowest BCUT2D eigenvalue weighted by Crippen LogP contribution is -2.27.